The molecule has 0 spiro atoms. The summed E-state index contributed by atoms with van der Waals surface area (Å²) in [7, 11) is -1.66. The molecule has 6 heteroatoms. The van der Waals surface area contributed by atoms with Crippen molar-refractivity contribution >= 4 is 10.0 Å². The van der Waals surface area contributed by atoms with E-state index in [2.05, 4.69) is 4.72 Å². The summed E-state index contributed by atoms with van der Waals surface area (Å²) in [6.45, 7) is 4.21. The fourth-order valence-electron chi connectivity index (χ4n) is 2.22. The Morgan fingerprint density at radius 1 is 1.50 bits per heavy atom. The monoisotopic (exact) mass is 271 g/mol. The lowest BCUT2D eigenvalue weighted by atomic mass is 10.0. The summed E-state index contributed by atoms with van der Waals surface area (Å²) < 4.78 is 29.1. The van der Waals surface area contributed by atoms with Crippen LogP contribution in [-0.2, 0) is 23.6 Å². The molecule has 1 heterocycles. The van der Waals surface area contributed by atoms with Crippen molar-refractivity contribution < 1.29 is 8.42 Å². The fraction of sp³-hybridized carbons (Fsp3) is 0.667. The maximum atomic E-state index is 12.3. The second-order valence-electron chi connectivity index (χ2n) is 5.58. The van der Waals surface area contributed by atoms with Crippen LogP contribution in [0, 0.1) is 5.92 Å². The van der Waals surface area contributed by atoms with E-state index in [1.165, 1.54) is 0 Å². The number of nitrogens with zero attached hydrogens (tertiary/aromatic N) is 1. The van der Waals surface area contributed by atoms with Crippen molar-refractivity contribution in [2.24, 2.45) is 18.7 Å². The summed E-state index contributed by atoms with van der Waals surface area (Å²) in [5.74, 6) is 0.449. The highest BCUT2D eigenvalue weighted by atomic mass is 32.2. The first-order valence-corrected chi connectivity index (χ1v) is 7.64. The molecule has 18 heavy (non-hydrogen) atoms. The minimum absolute atomic E-state index is 0.291. The van der Waals surface area contributed by atoms with E-state index in [1.54, 1.807) is 23.9 Å². The molecule has 0 aliphatic heterocycles. The van der Waals surface area contributed by atoms with E-state index in [4.69, 9.17) is 5.73 Å². The van der Waals surface area contributed by atoms with Crippen molar-refractivity contribution in [2.75, 3.05) is 0 Å². The van der Waals surface area contributed by atoms with Crippen molar-refractivity contribution in [3.05, 3.63) is 18.0 Å². The SMILES string of the molecule is Cn1cc(S(=O)(=O)NC(C)(C)C2CC2)cc1CN. The summed E-state index contributed by atoms with van der Waals surface area (Å²) in [6.07, 6.45) is 3.80. The Morgan fingerprint density at radius 2 is 2.11 bits per heavy atom. The molecule has 1 saturated carbocycles. The van der Waals surface area contributed by atoms with Crippen LogP contribution in [0.3, 0.4) is 0 Å². The highest BCUT2D eigenvalue weighted by Crippen LogP contribution is 2.39. The van der Waals surface area contributed by atoms with E-state index in [0.717, 1.165) is 18.5 Å². The zero-order valence-corrected chi connectivity index (χ0v) is 11.9. The fourth-order valence-corrected chi connectivity index (χ4v) is 3.79. The number of aryl methyl sites for hydroxylation is 1. The molecule has 1 aromatic heterocycles. The summed E-state index contributed by atoms with van der Waals surface area (Å²) in [6, 6.07) is 1.63. The van der Waals surface area contributed by atoms with Gasteiger partial charge in [-0.1, -0.05) is 0 Å². The van der Waals surface area contributed by atoms with Crippen LogP contribution in [0.1, 0.15) is 32.4 Å². The van der Waals surface area contributed by atoms with Crippen molar-refractivity contribution in [2.45, 2.75) is 43.7 Å². The Kier molecular flexibility index (Phi) is 3.29. The number of rotatable bonds is 5. The van der Waals surface area contributed by atoms with Gasteiger partial charge in [0.05, 0.1) is 4.90 Å². The minimum atomic E-state index is -3.46. The lowest BCUT2D eigenvalue weighted by molar-refractivity contribution is 0.400. The van der Waals surface area contributed by atoms with Crippen molar-refractivity contribution in [1.82, 2.24) is 9.29 Å². The van der Waals surface area contributed by atoms with E-state index in [9.17, 15) is 8.42 Å². The van der Waals surface area contributed by atoms with Crippen LogP contribution in [0.2, 0.25) is 0 Å². The summed E-state index contributed by atoms with van der Waals surface area (Å²) in [4.78, 5) is 0.291. The first-order valence-electron chi connectivity index (χ1n) is 6.15. The van der Waals surface area contributed by atoms with Gasteiger partial charge in [0.25, 0.3) is 0 Å². The molecule has 0 amide bonds. The second kappa shape index (κ2) is 4.36. The van der Waals surface area contributed by atoms with Gasteiger partial charge in [0.2, 0.25) is 10.0 Å². The van der Waals surface area contributed by atoms with Crippen LogP contribution in [0.15, 0.2) is 17.2 Å². The number of aromatic nitrogens is 1. The van der Waals surface area contributed by atoms with Gasteiger partial charge < -0.3 is 10.3 Å². The molecule has 0 saturated heterocycles. The van der Waals surface area contributed by atoms with Crippen LogP contribution >= 0.6 is 0 Å². The van der Waals surface area contributed by atoms with E-state index in [0.29, 0.717) is 17.4 Å². The Balaban J connectivity index is 2.24. The molecular weight excluding hydrogens is 250 g/mol. The number of hydrogen-bond acceptors (Lipinski definition) is 3. The van der Waals surface area contributed by atoms with Crippen molar-refractivity contribution in [1.29, 1.82) is 0 Å². The largest absolute Gasteiger partial charge is 0.352 e. The van der Waals surface area contributed by atoms with Gasteiger partial charge in [-0.05, 0) is 38.7 Å². The van der Waals surface area contributed by atoms with Crippen LogP contribution < -0.4 is 10.5 Å². The zero-order chi connectivity index (χ0) is 13.6. The summed E-state index contributed by atoms with van der Waals surface area (Å²) >= 11 is 0. The second-order valence-corrected chi connectivity index (χ2v) is 7.27. The molecule has 3 N–H and O–H groups in total. The summed E-state index contributed by atoms with van der Waals surface area (Å²) in [5.41, 5.74) is 5.98. The first kappa shape index (κ1) is 13.6. The van der Waals surface area contributed by atoms with E-state index in [-0.39, 0.29) is 5.54 Å². The Morgan fingerprint density at radius 3 is 2.56 bits per heavy atom. The molecule has 2 rings (SSSR count). The molecular formula is C12H21N3O2S. The third kappa shape index (κ3) is 2.60. The van der Waals surface area contributed by atoms with E-state index >= 15 is 0 Å². The standard InChI is InChI=1S/C12H21N3O2S/c1-12(2,9-4-5-9)14-18(16,17)11-6-10(7-13)15(3)8-11/h6,8-9,14H,4-5,7,13H2,1-3H3. The third-order valence-electron chi connectivity index (χ3n) is 3.60. The smallest absolute Gasteiger partial charge is 0.242 e. The number of nitrogens with one attached hydrogen (secondary N) is 1. The molecule has 1 fully saturated rings. The normalized spacial score (nSPS) is 17.1. The Hall–Kier alpha value is -0.850. The number of hydrogen-bond donors (Lipinski definition) is 2. The van der Waals surface area contributed by atoms with Gasteiger partial charge in [-0.15, -0.1) is 0 Å². The molecule has 5 nitrogen and oxygen atoms in total. The predicted octanol–water partition coefficient (Wildman–Crippen LogP) is 0.951. The van der Waals surface area contributed by atoms with Gasteiger partial charge in [0, 0.05) is 31.0 Å². The molecule has 0 bridgehead atoms. The number of sulfonamides is 1. The molecule has 0 radical (unpaired) electrons. The van der Waals surface area contributed by atoms with Crippen LogP contribution in [-0.4, -0.2) is 18.5 Å². The topological polar surface area (TPSA) is 77.1 Å². The van der Waals surface area contributed by atoms with Gasteiger partial charge in [-0.2, -0.15) is 0 Å². The maximum Gasteiger partial charge on any atom is 0.242 e. The quantitative estimate of drug-likeness (QED) is 0.837. The molecule has 1 aromatic rings. The maximum absolute atomic E-state index is 12.3. The van der Waals surface area contributed by atoms with Crippen LogP contribution in [0.25, 0.3) is 0 Å². The van der Waals surface area contributed by atoms with Gasteiger partial charge in [0.15, 0.2) is 0 Å². The lowest BCUT2D eigenvalue weighted by Gasteiger charge is -2.25. The van der Waals surface area contributed by atoms with Gasteiger partial charge in [-0.3, -0.25) is 0 Å². The number of nitrogens with two attached hydrogens (primary N) is 1. The van der Waals surface area contributed by atoms with Gasteiger partial charge in [0.1, 0.15) is 0 Å². The Labute approximate surface area is 108 Å². The highest BCUT2D eigenvalue weighted by molar-refractivity contribution is 7.89. The van der Waals surface area contributed by atoms with E-state index < -0.39 is 10.0 Å². The highest BCUT2D eigenvalue weighted by Gasteiger charge is 2.40. The van der Waals surface area contributed by atoms with Crippen molar-refractivity contribution in [3.8, 4) is 0 Å². The van der Waals surface area contributed by atoms with Crippen LogP contribution in [0.4, 0.5) is 0 Å². The summed E-state index contributed by atoms with van der Waals surface area (Å²) in [5, 5.41) is 0. The van der Waals surface area contributed by atoms with Crippen molar-refractivity contribution in [3.63, 3.8) is 0 Å². The zero-order valence-electron chi connectivity index (χ0n) is 11.1. The minimum Gasteiger partial charge on any atom is -0.352 e. The molecule has 102 valence electrons. The van der Waals surface area contributed by atoms with Gasteiger partial charge >= 0.3 is 0 Å². The predicted molar refractivity (Wildman–Crippen MR) is 70.4 cm³/mol. The average molecular weight is 271 g/mol. The molecule has 0 atom stereocenters. The van der Waals surface area contributed by atoms with Gasteiger partial charge in [-0.25, -0.2) is 13.1 Å². The molecule has 0 unspecified atom stereocenters. The third-order valence-corrected chi connectivity index (χ3v) is 5.24. The van der Waals surface area contributed by atoms with E-state index in [1.807, 2.05) is 13.8 Å². The molecule has 1 aliphatic carbocycles. The Bertz CT molecular complexity index is 542. The van der Waals surface area contributed by atoms with Crippen LogP contribution in [0.5, 0.6) is 0 Å². The first-order chi connectivity index (χ1) is 8.26. The molecule has 0 aromatic carbocycles. The average Bonchev–Trinajstić information content (AvgIpc) is 3.01. The lowest BCUT2D eigenvalue weighted by Crippen LogP contribution is -2.44. The molecule has 1 aliphatic rings.